The predicted octanol–water partition coefficient (Wildman–Crippen LogP) is 5.18. The van der Waals surface area contributed by atoms with Crippen molar-refractivity contribution in [3.63, 3.8) is 0 Å². The molecule has 5 rings (SSSR count). The van der Waals surface area contributed by atoms with E-state index in [1.165, 1.54) is 26.8 Å². The Morgan fingerprint density at radius 3 is 2.03 bits per heavy atom. The van der Waals surface area contributed by atoms with E-state index >= 15 is 0 Å². The maximum absolute atomic E-state index is 12.8. The quantitative estimate of drug-likeness (QED) is 0.367. The second kappa shape index (κ2) is 9.79. The molecular weight excluding hydrogens is 460 g/mol. The molecule has 4 aromatic rings. The highest BCUT2D eigenvalue weighted by atomic mass is 16.1. The molecule has 2 aromatic carbocycles. The van der Waals surface area contributed by atoms with E-state index in [9.17, 15) is 4.79 Å². The maximum Gasteiger partial charge on any atom is 0.350 e. The van der Waals surface area contributed by atoms with Crippen LogP contribution in [0.2, 0.25) is 0 Å². The highest BCUT2D eigenvalue weighted by Crippen LogP contribution is 2.35. The van der Waals surface area contributed by atoms with E-state index in [1.807, 2.05) is 0 Å². The van der Waals surface area contributed by atoms with Crippen molar-refractivity contribution in [3.8, 4) is 0 Å². The summed E-state index contributed by atoms with van der Waals surface area (Å²) < 4.78 is 1.49. The highest BCUT2D eigenvalue weighted by molar-refractivity contribution is 5.87. The SMILES string of the molecule is [C-]#[N+]c1ccc2c(n1)c(N1C[C@@H](C)N(C(c3ccc(C)cc3)c3ccc(C)cc3)C[C@@H]1C)nc(=O)n2C. The fourth-order valence-corrected chi connectivity index (χ4v) is 5.34. The Morgan fingerprint density at radius 1 is 0.865 bits per heavy atom. The van der Waals surface area contributed by atoms with Gasteiger partial charge in [-0.05, 0) is 51.0 Å². The third-order valence-corrected chi connectivity index (χ3v) is 7.46. The summed E-state index contributed by atoms with van der Waals surface area (Å²) in [5, 5.41) is 0. The van der Waals surface area contributed by atoms with Gasteiger partial charge in [0.2, 0.25) is 5.52 Å². The predicted molar refractivity (Wildman–Crippen MR) is 148 cm³/mol. The van der Waals surface area contributed by atoms with Crippen LogP contribution in [0.25, 0.3) is 15.9 Å². The van der Waals surface area contributed by atoms with E-state index in [0.717, 1.165) is 6.54 Å². The van der Waals surface area contributed by atoms with Crippen molar-refractivity contribution in [2.45, 2.75) is 45.8 Å². The summed E-state index contributed by atoms with van der Waals surface area (Å²) in [7, 11) is 1.69. The van der Waals surface area contributed by atoms with Gasteiger partial charge in [-0.2, -0.15) is 4.98 Å². The van der Waals surface area contributed by atoms with E-state index in [0.29, 0.717) is 29.2 Å². The molecule has 1 aliphatic rings. The zero-order valence-corrected chi connectivity index (χ0v) is 22.0. The van der Waals surface area contributed by atoms with Gasteiger partial charge in [-0.1, -0.05) is 66.2 Å². The third-order valence-electron chi connectivity index (χ3n) is 7.46. The Labute approximate surface area is 217 Å². The molecule has 0 bridgehead atoms. The monoisotopic (exact) mass is 492 g/mol. The minimum atomic E-state index is -0.320. The zero-order valence-electron chi connectivity index (χ0n) is 22.0. The van der Waals surface area contributed by atoms with Crippen molar-refractivity contribution in [3.05, 3.63) is 105 Å². The molecule has 0 unspecified atom stereocenters. The normalized spacial score (nSPS) is 18.4. The van der Waals surface area contributed by atoms with Crippen LogP contribution in [0.5, 0.6) is 0 Å². The number of anilines is 1. The van der Waals surface area contributed by atoms with Gasteiger partial charge in [0.05, 0.1) is 11.6 Å². The Kier molecular flexibility index (Phi) is 6.53. The van der Waals surface area contributed by atoms with Gasteiger partial charge in [0.15, 0.2) is 5.82 Å². The molecule has 0 amide bonds. The smallest absolute Gasteiger partial charge is 0.350 e. The van der Waals surface area contributed by atoms with Gasteiger partial charge in [0, 0.05) is 32.2 Å². The lowest BCUT2D eigenvalue weighted by atomic mass is 9.92. The fourth-order valence-electron chi connectivity index (χ4n) is 5.34. The average molecular weight is 493 g/mol. The molecule has 7 heteroatoms. The summed E-state index contributed by atoms with van der Waals surface area (Å²) in [6, 6.07) is 21.4. The Bertz CT molecular complexity index is 1490. The summed E-state index contributed by atoms with van der Waals surface area (Å²) in [6.45, 7) is 17.5. The molecule has 2 aromatic heterocycles. The fraction of sp³-hybridized carbons (Fsp3) is 0.333. The Hall–Kier alpha value is -4.02. The number of nitrogens with zero attached hydrogens (tertiary/aromatic N) is 6. The minimum Gasteiger partial charge on any atom is -0.361 e. The lowest BCUT2D eigenvalue weighted by Crippen LogP contribution is -2.58. The Morgan fingerprint density at radius 2 is 1.46 bits per heavy atom. The molecule has 188 valence electrons. The number of pyridine rings is 1. The van der Waals surface area contributed by atoms with Gasteiger partial charge < -0.3 is 9.74 Å². The first-order valence-corrected chi connectivity index (χ1v) is 12.7. The van der Waals surface area contributed by atoms with Crippen molar-refractivity contribution in [2.75, 3.05) is 18.0 Å². The molecule has 0 spiro atoms. The van der Waals surface area contributed by atoms with Gasteiger partial charge >= 0.3 is 5.69 Å². The van der Waals surface area contributed by atoms with Crippen molar-refractivity contribution in [1.29, 1.82) is 0 Å². The number of fused-ring (bicyclic) bond motifs is 1. The first kappa shape index (κ1) is 24.7. The third kappa shape index (κ3) is 4.61. The van der Waals surface area contributed by atoms with E-state index in [2.05, 4.69) is 101 Å². The van der Waals surface area contributed by atoms with Crippen LogP contribution in [0.4, 0.5) is 11.6 Å². The number of hydrogen-bond donors (Lipinski definition) is 0. The van der Waals surface area contributed by atoms with Crippen molar-refractivity contribution in [1.82, 2.24) is 19.4 Å². The summed E-state index contributed by atoms with van der Waals surface area (Å²) >= 11 is 0. The van der Waals surface area contributed by atoms with Crippen LogP contribution in [0.15, 0.2) is 65.5 Å². The molecule has 1 fully saturated rings. The van der Waals surface area contributed by atoms with E-state index in [1.54, 1.807) is 19.2 Å². The number of rotatable bonds is 4. The molecule has 0 aliphatic carbocycles. The van der Waals surface area contributed by atoms with Crippen molar-refractivity contribution >= 4 is 22.7 Å². The molecule has 0 N–H and O–H groups in total. The zero-order chi connectivity index (χ0) is 26.3. The van der Waals surface area contributed by atoms with Crippen LogP contribution in [-0.4, -0.2) is 44.6 Å². The number of benzene rings is 2. The molecule has 2 atom stereocenters. The lowest BCUT2D eigenvalue weighted by molar-refractivity contribution is 0.129. The Balaban J connectivity index is 1.55. The van der Waals surface area contributed by atoms with Crippen molar-refractivity contribution in [2.24, 2.45) is 7.05 Å². The first-order chi connectivity index (χ1) is 17.8. The van der Waals surface area contributed by atoms with E-state index in [4.69, 9.17) is 6.57 Å². The van der Waals surface area contributed by atoms with E-state index < -0.39 is 0 Å². The number of piperazine rings is 1. The van der Waals surface area contributed by atoms with Crippen LogP contribution >= 0.6 is 0 Å². The molecule has 37 heavy (non-hydrogen) atoms. The molecule has 0 radical (unpaired) electrons. The molecule has 1 saturated heterocycles. The summed E-state index contributed by atoms with van der Waals surface area (Å²) in [6.07, 6.45) is 0. The van der Waals surface area contributed by atoms with Crippen LogP contribution in [0.3, 0.4) is 0 Å². The number of aryl methyl sites for hydroxylation is 3. The molecule has 1 aliphatic heterocycles. The standard InChI is InChI=1S/C30H32N6O/c1-19-7-11-23(12-8-19)28(24-13-9-20(2)10-14-24)35-17-22(4)36(18-21(35)3)29-27-25(34(6)30(37)33-29)15-16-26(31-5)32-27/h7-16,21-22,28H,17-18H2,1-4,6H3/t21-,22+/m1/s1. The molecule has 0 saturated carbocycles. The van der Waals surface area contributed by atoms with Crippen molar-refractivity contribution < 1.29 is 0 Å². The maximum atomic E-state index is 12.8. The second-order valence-electron chi connectivity index (χ2n) is 10.2. The first-order valence-electron chi connectivity index (χ1n) is 12.7. The molecule has 7 nitrogen and oxygen atoms in total. The highest BCUT2D eigenvalue weighted by Gasteiger charge is 2.37. The summed E-state index contributed by atoms with van der Waals surface area (Å²) in [5.41, 5.74) is 5.97. The van der Waals surface area contributed by atoms with Crippen LogP contribution < -0.4 is 10.6 Å². The molecular formula is C30H32N6O. The van der Waals surface area contributed by atoms with E-state index in [-0.39, 0.29) is 23.8 Å². The average Bonchev–Trinajstić information content (AvgIpc) is 2.90. The molecule has 3 heterocycles. The van der Waals surface area contributed by atoms with Crippen LogP contribution in [0.1, 0.15) is 42.1 Å². The van der Waals surface area contributed by atoms with Crippen LogP contribution in [-0.2, 0) is 7.05 Å². The minimum absolute atomic E-state index is 0.0794. The number of hydrogen-bond acceptors (Lipinski definition) is 5. The van der Waals surface area contributed by atoms with Crippen LogP contribution in [0, 0.1) is 20.4 Å². The van der Waals surface area contributed by atoms with Gasteiger partial charge in [0.25, 0.3) is 5.82 Å². The van der Waals surface area contributed by atoms with Gasteiger partial charge in [-0.15, -0.1) is 4.98 Å². The summed E-state index contributed by atoms with van der Waals surface area (Å²) in [4.78, 5) is 30.0. The largest absolute Gasteiger partial charge is 0.361 e. The summed E-state index contributed by atoms with van der Waals surface area (Å²) in [5.74, 6) is 0.858. The van der Waals surface area contributed by atoms with Gasteiger partial charge in [0.1, 0.15) is 0 Å². The van der Waals surface area contributed by atoms with Gasteiger partial charge in [-0.3, -0.25) is 9.47 Å². The lowest BCUT2D eigenvalue weighted by Gasteiger charge is -2.48. The topological polar surface area (TPSA) is 58.6 Å². The van der Waals surface area contributed by atoms with Gasteiger partial charge in [-0.25, -0.2) is 4.79 Å². The second-order valence-corrected chi connectivity index (χ2v) is 10.2. The number of aromatic nitrogens is 3.